The molecule has 0 bridgehead atoms. The van der Waals surface area contributed by atoms with Gasteiger partial charge in [-0.15, -0.1) is 0 Å². The number of piperazine rings is 1. The molecule has 3 rings (SSSR count). The Morgan fingerprint density at radius 3 is 2.39 bits per heavy atom. The number of quaternary nitrogens is 1. The molecule has 1 saturated heterocycles. The first-order chi connectivity index (χ1) is 11.1. The molecular weight excluding hydrogens is 284 g/mol. The van der Waals surface area contributed by atoms with Crippen LogP contribution in [0.3, 0.4) is 0 Å². The van der Waals surface area contributed by atoms with E-state index in [9.17, 15) is 5.11 Å². The number of nitrogens with one attached hydrogen (secondary N) is 1. The molecule has 122 valence electrons. The Labute approximate surface area is 139 Å². The molecule has 2 aromatic carbocycles. The molecule has 0 unspecified atom stereocenters. The van der Waals surface area contributed by atoms with Crippen molar-refractivity contribution >= 4 is 5.69 Å². The van der Waals surface area contributed by atoms with Gasteiger partial charge in [0, 0.05) is 5.69 Å². The summed E-state index contributed by atoms with van der Waals surface area (Å²) in [6.45, 7) is 9.41. The second-order valence-electron chi connectivity index (χ2n) is 6.66. The van der Waals surface area contributed by atoms with Crippen molar-refractivity contribution in [3.05, 3.63) is 65.2 Å². The normalized spacial score (nSPS) is 17.3. The number of hydrogen-bond donors (Lipinski definition) is 2. The number of rotatable bonds is 4. The lowest BCUT2D eigenvalue weighted by atomic mass is 10.1. The molecule has 0 aliphatic carbocycles. The molecule has 1 atom stereocenters. The molecule has 0 aromatic heterocycles. The second-order valence-corrected chi connectivity index (χ2v) is 6.66. The summed E-state index contributed by atoms with van der Waals surface area (Å²) in [6.07, 6.45) is -0.362. The maximum atomic E-state index is 10.4. The Balaban J connectivity index is 1.56. The first-order valence-corrected chi connectivity index (χ1v) is 8.52. The zero-order valence-electron chi connectivity index (χ0n) is 14.1. The van der Waals surface area contributed by atoms with Crippen molar-refractivity contribution in [2.24, 2.45) is 0 Å². The zero-order chi connectivity index (χ0) is 16.2. The Bertz CT molecular complexity index is 633. The first kappa shape index (κ1) is 16.0. The van der Waals surface area contributed by atoms with Gasteiger partial charge in [-0.2, -0.15) is 0 Å². The van der Waals surface area contributed by atoms with Crippen LogP contribution in [0.15, 0.2) is 48.5 Å². The average Bonchev–Trinajstić information content (AvgIpc) is 2.57. The fourth-order valence-electron chi connectivity index (χ4n) is 3.49. The van der Waals surface area contributed by atoms with E-state index in [2.05, 4.69) is 36.9 Å². The zero-order valence-corrected chi connectivity index (χ0v) is 14.1. The SMILES string of the molecule is Cc1ccc(N2CC[NH+](C[C@@H](O)c3ccccc3)CC2)c(C)c1. The largest absolute Gasteiger partial charge is 0.382 e. The molecular formula is C20H27N2O+. The van der Waals surface area contributed by atoms with Crippen LogP contribution < -0.4 is 9.80 Å². The van der Waals surface area contributed by atoms with E-state index in [-0.39, 0.29) is 6.10 Å². The predicted molar refractivity (Wildman–Crippen MR) is 95.1 cm³/mol. The van der Waals surface area contributed by atoms with Crippen LogP contribution in [0.5, 0.6) is 0 Å². The monoisotopic (exact) mass is 311 g/mol. The van der Waals surface area contributed by atoms with E-state index in [0.29, 0.717) is 0 Å². The minimum Gasteiger partial charge on any atom is -0.382 e. The van der Waals surface area contributed by atoms with Crippen LogP contribution >= 0.6 is 0 Å². The maximum Gasteiger partial charge on any atom is 0.128 e. The molecule has 3 nitrogen and oxygen atoms in total. The number of aryl methyl sites for hydroxylation is 2. The highest BCUT2D eigenvalue weighted by atomic mass is 16.3. The van der Waals surface area contributed by atoms with Crippen LogP contribution in [-0.2, 0) is 0 Å². The van der Waals surface area contributed by atoms with Crippen molar-refractivity contribution in [1.82, 2.24) is 0 Å². The second kappa shape index (κ2) is 7.16. The van der Waals surface area contributed by atoms with E-state index in [1.165, 1.54) is 21.7 Å². The van der Waals surface area contributed by atoms with Crippen LogP contribution in [0, 0.1) is 13.8 Å². The number of hydrogen-bond acceptors (Lipinski definition) is 2. The van der Waals surface area contributed by atoms with Crippen LogP contribution in [0.25, 0.3) is 0 Å². The summed E-state index contributed by atoms with van der Waals surface area (Å²) in [7, 11) is 0. The highest BCUT2D eigenvalue weighted by Crippen LogP contribution is 2.21. The summed E-state index contributed by atoms with van der Waals surface area (Å²) in [5.74, 6) is 0. The molecule has 1 aliphatic rings. The fraction of sp³-hybridized carbons (Fsp3) is 0.400. The molecule has 23 heavy (non-hydrogen) atoms. The Morgan fingerprint density at radius 1 is 1.04 bits per heavy atom. The number of aliphatic hydroxyl groups is 1. The van der Waals surface area contributed by atoms with Gasteiger partial charge in [0.05, 0.1) is 26.2 Å². The standard InChI is InChI=1S/C20H26N2O/c1-16-8-9-19(17(2)14-16)22-12-10-21(11-13-22)15-20(23)18-6-4-3-5-7-18/h3-9,14,20,23H,10-13,15H2,1-2H3/p+1/t20-/m1/s1. The van der Waals surface area contributed by atoms with Gasteiger partial charge in [0.2, 0.25) is 0 Å². The van der Waals surface area contributed by atoms with Gasteiger partial charge < -0.3 is 14.9 Å². The highest BCUT2D eigenvalue weighted by Gasteiger charge is 2.23. The molecule has 1 fully saturated rings. The molecule has 2 aromatic rings. The molecule has 3 heteroatoms. The van der Waals surface area contributed by atoms with Gasteiger partial charge in [0.1, 0.15) is 12.6 Å². The fourth-order valence-corrected chi connectivity index (χ4v) is 3.49. The number of aliphatic hydroxyl groups excluding tert-OH is 1. The quantitative estimate of drug-likeness (QED) is 0.900. The summed E-state index contributed by atoms with van der Waals surface area (Å²) in [6, 6.07) is 16.7. The van der Waals surface area contributed by atoms with E-state index in [4.69, 9.17) is 0 Å². The molecule has 0 radical (unpaired) electrons. The van der Waals surface area contributed by atoms with Gasteiger partial charge in [0.15, 0.2) is 0 Å². The summed E-state index contributed by atoms with van der Waals surface area (Å²) in [5, 5.41) is 10.4. The lowest BCUT2D eigenvalue weighted by molar-refractivity contribution is -0.904. The van der Waals surface area contributed by atoms with Crippen molar-refractivity contribution in [3.63, 3.8) is 0 Å². The first-order valence-electron chi connectivity index (χ1n) is 8.52. The van der Waals surface area contributed by atoms with Crippen molar-refractivity contribution < 1.29 is 10.0 Å². The highest BCUT2D eigenvalue weighted by molar-refractivity contribution is 5.54. The summed E-state index contributed by atoms with van der Waals surface area (Å²) in [5.41, 5.74) is 5.06. The third-order valence-corrected chi connectivity index (χ3v) is 4.83. The van der Waals surface area contributed by atoms with E-state index >= 15 is 0 Å². The van der Waals surface area contributed by atoms with Crippen molar-refractivity contribution in [2.45, 2.75) is 20.0 Å². The number of anilines is 1. The van der Waals surface area contributed by atoms with E-state index in [1.807, 2.05) is 30.3 Å². The van der Waals surface area contributed by atoms with Crippen LogP contribution in [0.4, 0.5) is 5.69 Å². The Hall–Kier alpha value is -1.84. The third kappa shape index (κ3) is 3.92. The molecule has 1 aliphatic heterocycles. The maximum absolute atomic E-state index is 10.4. The predicted octanol–water partition coefficient (Wildman–Crippen LogP) is 1.74. The lowest BCUT2D eigenvalue weighted by Crippen LogP contribution is -3.15. The van der Waals surface area contributed by atoms with Crippen LogP contribution in [-0.4, -0.2) is 37.8 Å². The minimum absolute atomic E-state index is 0.362. The van der Waals surface area contributed by atoms with Crippen LogP contribution in [0.1, 0.15) is 22.8 Å². The van der Waals surface area contributed by atoms with E-state index in [1.54, 1.807) is 0 Å². The summed E-state index contributed by atoms with van der Waals surface area (Å²) >= 11 is 0. The van der Waals surface area contributed by atoms with Gasteiger partial charge >= 0.3 is 0 Å². The van der Waals surface area contributed by atoms with E-state index < -0.39 is 0 Å². The van der Waals surface area contributed by atoms with Gasteiger partial charge in [-0.05, 0) is 31.0 Å². The lowest BCUT2D eigenvalue weighted by Gasteiger charge is -2.35. The molecule has 2 N–H and O–H groups in total. The number of nitrogens with zero attached hydrogens (tertiary/aromatic N) is 1. The van der Waals surface area contributed by atoms with Gasteiger partial charge in [-0.3, -0.25) is 0 Å². The topological polar surface area (TPSA) is 27.9 Å². The van der Waals surface area contributed by atoms with Crippen molar-refractivity contribution in [3.8, 4) is 0 Å². The minimum atomic E-state index is -0.362. The number of benzene rings is 2. The van der Waals surface area contributed by atoms with Gasteiger partial charge in [-0.25, -0.2) is 0 Å². The summed E-state index contributed by atoms with van der Waals surface area (Å²) < 4.78 is 0. The molecule has 1 heterocycles. The smallest absolute Gasteiger partial charge is 0.128 e. The Morgan fingerprint density at radius 2 is 1.74 bits per heavy atom. The average molecular weight is 311 g/mol. The third-order valence-electron chi connectivity index (χ3n) is 4.83. The van der Waals surface area contributed by atoms with Crippen molar-refractivity contribution in [1.29, 1.82) is 0 Å². The molecule has 0 saturated carbocycles. The van der Waals surface area contributed by atoms with Crippen molar-refractivity contribution in [2.75, 3.05) is 37.6 Å². The molecule has 0 amide bonds. The van der Waals surface area contributed by atoms with Gasteiger partial charge in [-0.1, -0.05) is 48.0 Å². The summed E-state index contributed by atoms with van der Waals surface area (Å²) in [4.78, 5) is 3.97. The van der Waals surface area contributed by atoms with Gasteiger partial charge in [0.25, 0.3) is 0 Å². The molecule has 0 spiro atoms. The van der Waals surface area contributed by atoms with E-state index in [0.717, 1.165) is 38.3 Å². The Kier molecular flexibility index (Phi) is 4.99. The van der Waals surface area contributed by atoms with Crippen LogP contribution in [0.2, 0.25) is 0 Å².